The molecule has 2 amide bonds. The monoisotopic (exact) mass is 325 g/mol. The Morgan fingerprint density at radius 1 is 1.23 bits per heavy atom. The molecule has 4 N–H and O–H groups in total. The smallest absolute Gasteiger partial charge is 0.223 e. The fourth-order valence-electron chi connectivity index (χ4n) is 2.69. The van der Waals surface area contributed by atoms with Gasteiger partial charge in [-0.3, -0.25) is 9.59 Å². The number of amides is 2. The normalized spacial score (nSPS) is 20.1. The highest BCUT2D eigenvalue weighted by atomic mass is 35.5. The van der Waals surface area contributed by atoms with Gasteiger partial charge in [-0.25, -0.2) is 0 Å². The lowest BCUT2D eigenvalue weighted by atomic mass is 10.1. The van der Waals surface area contributed by atoms with E-state index in [1.807, 2.05) is 24.3 Å². The van der Waals surface area contributed by atoms with Crippen molar-refractivity contribution in [1.82, 2.24) is 5.32 Å². The number of hydrogen-bond donors (Lipinski definition) is 3. The molecule has 0 spiro atoms. The lowest BCUT2D eigenvalue weighted by Gasteiger charge is -2.11. The third-order valence-electron chi connectivity index (χ3n) is 3.83. The summed E-state index contributed by atoms with van der Waals surface area (Å²) in [7, 11) is 0. The van der Waals surface area contributed by atoms with Crippen LogP contribution in [0.15, 0.2) is 24.3 Å². The Morgan fingerprint density at radius 2 is 1.91 bits per heavy atom. The third kappa shape index (κ3) is 5.66. The maximum Gasteiger partial charge on any atom is 0.223 e. The van der Waals surface area contributed by atoms with E-state index in [-0.39, 0.29) is 36.2 Å². The molecule has 1 aliphatic carbocycles. The summed E-state index contributed by atoms with van der Waals surface area (Å²) >= 11 is 0. The van der Waals surface area contributed by atoms with Crippen molar-refractivity contribution in [2.45, 2.75) is 38.6 Å². The molecular formula is C16H24ClN3O2. The molecule has 1 saturated carbocycles. The molecule has 1 aromatic carbocycles. The first kappa shape index (κ1) is 18.5. The van der Waals surface area contributed by atoms with E-state index in [4.69, 9.17) is 5.73 Å². The second-order valence-corrected chi connectivity index (χ2v) is 5.69. The second-order valence-electron chi connectivity index (χ2n) is 5.69. The molecule has 22 heavy (non-hydrogen) atoms. The molecule has 0 aromatic heterocycles. The Hall–Kier alpha value is -1.59. The largest absolute Gasteiger partial charge is 0.356 e. The summed E-state index contributed by atoms with van der Waals surface area (Å²) in [5.74, 6) is 0.129. The Kier molecular flexibility index (Phi) is 7.35. The zero-order chi connectivity index (χ0) is 15.2. The molecule has 1 fully saturated rings. The SMILES string of the molecule is CC(=O)Nc1ccc(CCNC(=O)C2CCC(N)C2)cc1.Cl. The molecule has 1 aliphatic rings. The van der Waals surface area contributed by atoms with Gasteiger partial charge in [0, 0.05) is 31.1 Å². The van der Waals surface area contributed by atoms with Crippen LogP contribution in [0.4, 0.5) is 5.69 Å². The van der Waals surface area contributed by atoms with E-state index >= 15 is 0 Å². The van der Waals surface area contributed by atoms with Gasteiger partial charge in [-0.05, 0) is 43.4 Å². The minimum absolute atomic E-state index is 0. The van der Waals surface area contributed by atoms with Gasteiger partial charge in [0.05, 0.1) is 0 Å². The molecule has 1 aromatic rings. The van der Waals surface area contributed by atoms with Crippen molar-refractivity contribution in [3.63, 3.8) is 0 Å². The zero-order valence-corrected chi connectivity index (χ0v) is 13.6. The molecule has 0 bridgehead atoms. The number of nitrogens with one attached hydrogen (secondary N) is 2. The maximum absolute atomic E-state index is 11.9. The Balaban J connectivity index is 0.00000242. The fraction of sp³-hybridized carbons (Fsp3) is 0.500. The standard InChI is InChI=1S/C16H23N3O2.ClH/c1-11(20)19-15-6-2-12(3-7-15)8-9-18-16(21)13-4-5-14(17)10-13;/h2-3,6-7,13-14H,4-5,8-10,17H2,1H3,(H,18,21)(H,19,20);1H. The van der Waals surface area contributed by atoms with E-state index in [2.05, 4.69) is 10.6 Å². The van der Waals surface area contributed by atoms with Crippen LogP contribution < -0.4 is 16.4 Å². The van der Waals surface area contributed by atoms with Crippen LogP contribution in [0.1, 0.15) is 31.7 Å². The fourth-order valence-corrected chi connectivity index (χ4v) is 2.69. The number of benzene rings is 1. The molecule has 6 heteroatoms. The Labute approximate surface area is 137 Å². The van der Waals surface area contributed by atoms with Crippen molar-refractivity contribution in [3.05, 3.63) is 29.8 Å². The number of hydrogen-bond acceptors (Lipinski definition) is 3. The zero-order valence-electron chi connectivity index (χ0n) is 12.8. The van der Waals surface area contributed by atoms with Gasteiger partial charge in [-0.15, -0.1) is 12.4 Å². The minimum atomic E-state index is -0.0789. The summed E-state index contributed by atoms with van der Waals surface area (Å²) in [6.07, 6.45) is 3.43. The van der Waals surface area contributed by atoms with E-state index in [0.717, 1.165) is 36.9 Å². The first-order valence-electron chi connectivity index (χ1n) is 7.44. The molecule has 0 radical (unpaired) electrons. The number of carbonyl (C=O) groups is 2. The van der Waals surface area contributed by atoms with Crippen LogP contribution in [0.5, 0.6) is 0 Å². The summed E-state index contributed by atoms with van der Waals surface area (Å²) in [5, 5.41) is 5.70. The molecule has 5 nitrogen and oxygen atoms in total. The number of anilines is 1. The highest BCUT2D eigenvalue weighted by Crippen LogP contribution is 2.23. The van der Waals surface area contributed by atoms with Gasteiger partial charge >= 0.3 is 0 Å². The van der Waals surface area contributed by atoms with Crippen molar-refractivity contribution >= 4 is 29.9 Å². The van der Waals surface area contributed by atoms with Crippen molar-refractivity contribution in [2.24, 2.45) is 11.7 Å². The van der Waals surface area contributed by atoms with E-state index in [0.29, 0.717) is 6.54 Å². The van der Waals surface area contributed by atoms with Crippen LogP contribution >= 0.6 is 12.4 Å². The number of nitrogens with two attached hydrogens (primary N) is 1. The van der Waals surface area contributed by atoms with Crippen LogP contribution in [-0.4, -0.2) is 24.4 Å². The number of rotatable bonds is 5. The predicted octanol–water partition coefficient (Wildman–Crippen LogP) is 1.85. The quantitative estimate of drug-likeness (QED) is 0.772. The molecule has 2 unspecified atom stereocenters. The molecule has 0 aliphatic heterocycles. The molecule has 122 valence electrons. The van der Waals surface area contributed by atoms with Crippen LogP contribution in [0, 0.1) is 5.92 Å². The lowest BCUT2D eigenvalue weighted by Crippen LogP contribution is -2.31. The summed E-state index contributed by atoms with van der Waals surface area (Å²) in [6.45, 7) is 2.11. The highest BCUT2D eigenvalue weighted by Gasteiger charge is 2.27. The van der Waals surface area contributed by atoms with Crippen LogP contribution in [-0.2, 0) is 16.0 Å². The van der Waals surface area contributed by atoms with Gasteiger partial charge in [0.15, 0.2) is 0 Å². The summed E-state index contributed by atoms with van der Waals surface area (Å²) in [6, 6.07) is 7.84. The van der Waals surface area contributed by atoms with Gasteiger partial charge in [0.1, 0.15) is 0 Å². The van der Waals surface area contributed by atoms with Crippen LogP contribution in [0.3, 0.4) is 0 Å². The van der Waals surface area contributed by atoms with E-state index in [1.54, 1.807) is 0 Å². The summed E-state index contributed by atoms with van der Waals surface area (Å²) < 4.78 is 0. The second kappa shape index (κ2) is 8.76. The number of carbonyl (C=O) groups excluding carboxylic acids is 2. The van der Waals surface area contributed by atoms with Crippen LogP contribution in [0.2, 0.25) is 0 Å². The molecule has 0 heterocycles. The average Bonchev–Trinajstić information content (AvgIpc) is 2.87. The van der Waals surface area contributed by atoms with Gasteiger partial charge in [0.25, 0.3) is 0 Å². The Morgan fingerprint density at radius 3 is 2.45 bits per heavy atom. The van der Waals surface area contributed by atoms with Crippen LogP contribution in [0.25, 0.3) is 0 Å². The topological polar surface area (TPSA) is 84.2 Å². The summed E-state index contributed by atoms with van der Waals surface area (Å²) in [4.78, 5) is 22.9. The van der Waals surface area contributed by atoms with Crippen molar-refractivity contribution < 1.29 is 9.59 Å². The average molecular weight is 326 g/mol. The Bertz CT molecular complexity index is 505. The van der Waals surface area contributed by atoms with Gasteiger partial charge in [0.2, 0.25) is 11.8 Å². The highest BCUT2D eigenvalue weighted by molar-refractivity contribution is 5.88. The first-order valence-corrected chi connectivity index (χ1v) is 7.44. The van der Waals surface area contributed by atoms with Crippen molar-refractivity contribution in [2.75, 3.05) is 11.9 Å². The van der Waals surface area contributed by atoms with E-state index in [9.17, 15) is 9.59 Å². The molecular weight excluding hydrogens is 302 g/mol. The molecule has 0 saturated heterocycles. The van der Waals surface area contributed by atoms with Gasteiger partial charge in [-0.2, -0.15) is 0 Å². The van der Waals surface area contributed by atoms with Gasteiger partial charge < -0.3 is 16.4 Å². The maximum atomic E-state index is 11.9. The van der Waals surface area contributed by atoms with Crippen molar-refractivity contribution in [1.29, 1.82) is 0 Å². The van der Waals surface area contributed by atoms with Crippen molar-refractivity contribution in [3.8, 4) is 0 Å². The van der Waals surface area contributed by atoms with E-state index < -0.39 is 0 Å². The predicted molar refractivity (Wildman–Crippen MR) is 90.0 cm³/mol. The molecule has 2 rings (SSSR count). The summed E-state index contributed by atoms with van der Waals surface area (Å²) in [5.41, 5.74) is 7.74. The molecule has 2 atom stereocenters. The lowest BCUT2D eigenvalue weighted by molar-refractivity contribution is -0.124. The minimum Gasteiger partial charge on any atom is -0.356 e. The first-order chi connectivity index (χ1) is 10.0. The third-order valence-corrected chi connectivity index (χ3v) is 3.83. The number of halogens is 1. The van der Waals surface area contributed by atoms with Gasteiger partial charge in [-0.1, -0.05) is 12.1 Å². The van der Waals surface area contributed by atoms with E-state index in [1.165, 1.54) is 6.92 Å².